The van der Waals surface area contributed by atoms with Crippen LogP contribution in [0.4, 0.5) is 0 Å². The van der Waals surface area contributed by atoms with Crippen molar-refractivity contribution < 1.29 is 4.74 Å². The van der Waals surface area contributed by atoms with Crippen molar-refractivity contribution in [3.63, 3.8) is 0 Å². The van der Waals surface area contributed by atoms with Gasteiger partial charge in [0.25, 0.3) is 0 Å². The van der Waals surface area contributed by atoms with Crippen LogP contribution in [0.1, 0.15) is 19.4 Å². The maximum atomic E-state index is 5.31. The first-order valence-corrected chi connectivity index (χ1v) is 6.64. The van der Waals surface area contributed by atoms with Gasteiger partial charge in [-0.2, -0.15) is 0 Å². The molecule has 2 rings (SSSR count). The van der Waals surface area contributed by atoms with E-state index in [1.807, 2.05) is 6.07 Å². The van der Waals surface area contributed by atoms with Crippen LogP contribution in [0.2, 0.25) is 0 Å². The van der Waals surface area contributed by atoms with E-state index in [1.165, 1.54) is 5.56 Å². The molecule has 2 heterocycles. The molecule has 0 radical (unpaired) electrons. The second-order valence-corrected chi connectivity index (χ2v) is 5.21. The van der Waals surface area contributed by atoms with Gasteiger partial charge in [-0.05, 0) is 12.0 Å². The fourth-order valence-electron chi connectivity index (χ4n) is 2.40. The van der Waals surface area contributed by atoms with E-state index in [0.717, 1.165) is 32.1 Å². The fraction of sp³-hybridized carbons (Fsp3) is 0.643. The average Bonchev–Trinajstić information content (AvgIpc) is 2.39. The number of hydrogen-bond acceptors (Lipinski definition) is 4. The molecule has 1 aliphatic rings. The number of rotatable bonds is 4. The zero-order valence-corrected chi connectivity index (χ0v) is 11.5. The van der Waals surface area contributed by atoms with Crippen LogP contribution in [-0.2, 0) is 6.54 Å². The SMILES string of the molecule is COc1ncccc1CN1CCNC(C(C)C)C1. The Kier molecular flexibility index (Phi) is 4.55. The van der Waals surface area contributed by atoms with Crippen LogP contribution in [0.15, 0.2) is 18.3 Å². The van der Waals surface area contributed by atoms with Gasteiger partial charge in [0, 0.05) is 44.0 Å². The molecule has 1 N–H and O–H groups in total. The maximum Gasteiger partial charge on any atom is 0.217 e. The third-order valence-electron chi connectivity index (χ3n) is 3.53. The summed E-state index contributed by atoms with van der Waals surface area (Å²) in [6.45, 7) is 8.70. The Morgan fingerprint density at radius 2 is 2.39 bits per heavy atom. The first kappa shape index (κ1) is 13.3. The van der Waals surface area contributed by atoms with Gasteiger partial charge in [0.2, 0.25) is 5.88 Å². The summed E-state index contributed by atoms with van der Waals surface area (Å²) in [6.07, 6.45) is 1.77. The third kappa shape index (κ3) is 3.21. The van der Waals surface area contributed by atoms with Crippen LogP contribution >= 0.6 is 0 Å². The van der Waals surface area contributed by atoms with Crippen molar-refractivity contribution >= 4 is 0 Å². The first-order valence-electron chi connectivity index (χ1n) is 6.64. The van der Waals surface area contributed by atoms with Crippen molar-refractivity contribution in [3.8, 4) is 5.88 Å². The molecule has 1 aromatic rings. The number of nitrogens with one attached hydrogen (secondary N) is 1. The Balaban J connectivity index is 2.00. The third-order valence-corrected chi connectivity index (χ3v) is 3.53. The van der Waals surface area contributed by atoms with E-state index >= 15 is 0 Å². The average molecular weight is 249 g/mol. The molecule has 0 aromatic carbocycles. The summed E-state index contributed by atoms with van der Waals surface area (Å²) in [5, 5.41) is 3.57. The number of aromatic nitrogens is 1. The van der Waals surface area contributed by atoms with Crippen LogP contribution in [0.5, 0.6) is 5.88 Å². The Hall–Kier alpha value is -1.13. The van der Waals surface area contributed by atoms with E-state index in [1.54, 1.807) is 13.3 Å². The van der Waals surface area contributed by atoms with Gasteiger partial charge in [-0.15, -0.1) is 0 Å². The minimum absolute atomic E-state index is 0.585. The number of ether oxygens (including phenoxy) is 1. The minimum atomic E-state index is 0.585. The van der Waals surface area contributed by atoms with Crippen LogP contribution < -0.4 is 10.1 Å². The molecule has 100 valence electrons. The normalized spacial score (nSPS) is 21.2. The zero-order valence-electron chi connectivity index (χ0n) is 11.5. The molecule has 0 saturated carbocycles. The number of nitrogens with zero attached hydrogens (tertiary/aromatic N) is 2. The summed E-state index contributed by atoms with van der Waals surface area (Å²) in [5.74, 6) is 1.42. The topological polar surface area (TPSA) is 37.4 Å². The van der Waals surface area contributed by atoms with E-state index in [2.05, 4.69) is 35.1 Å². The summed E-state index contributed by atoms with van der Waals surface area (Å²) >= 11 is 0. The molecule has 1 fully saturated rings. The predicted molar refractivity (Wildman–Crippen MR) is 72.7 cm³/mol. The number of hydrogen-bond donors (Lipinski definition) is 1. The van der Waals surface area contributed by atoms with Gasteiger partial charge < -0.3 is 10.1 Å². The van der Waals surface area contributed by atoms with E-state index in [-0.39, 0.29) is 0 Å². The van der Waals surface area contributed by atoms with Crippen molar-refractivity contribution in [1.82, 2.24) is 15.2 Å². The Bertz CT molecular complexity index is 381. The highest BCUT2D eigenvalue weighted by molar-refractivity contribution is 5.25. The van der Waals surface area contributed by atoms with Crippen molar-refractivity contribution in [3.05, 3.63) is 23.9 Å². The van der Waals surface area contributed by atoms with Gasteiger partial charge in [0.1, 0.15) is 0 Å². The summed E-state index contributed by atoms with van der Waals surface area (Å²) in [6, 6.07) is 4.65. The van der Waals surface area contributed by atoms with Gasteiger partial charge in [0.15, 0.2) is 0 Å². The van der Waals surface area contributed by atoms with E-state index in [4.69, 9.17) is 4.74 Å². The predicted octanol–water partition coefficient (Wildman–Crippen LogP) is 1.52. The Morgan fingerprint density at radius 1 is 1.56 bits per heavy atom. The molecule has 1 saturated heterocycles. The molecule has 0 aliphatic carbocycles. The lowest BCUT2D eigenvalue weighted by Crippen LogP contribution is -2.52. The van der Waals surface area contributed by atoms with Gasteiger partial charge >= 0.3 is 0 Å². The standard InChI is InChI=1S/C14H23N3O/c1-11(2)13-10-17(8-7-15-13)9-12-5-4-6-16-14(12)18-3/h4-6,11,13,15H,7-10H2,1-3H3. The monoisotopic (exact) mass is 249 g/mol. The molecule has 1 unspecified atom stereocenters. The fourth-order valence-corrected chi connectivity index (χ4v) is 2.40. The maximum absolute atomic E-state index is 5.31. The number of pyridine rings is 1. The van der Waals surface area contributed by atoms with Crippen LogP contribution in [0.3, 0.4) is 0 Å². The van der Waals surface area contributed by atoms with Crippen molar-refractivity contribution in [2.75, 3.05) is 26.7 Å². The van der Waals surface area contributed by atoms with Crippen LogP contribution in [-0.4, -0.2) is 42.7 Å². The highest BCUT2D eigenvalue weighted by Gasteiger charge is 2.22. The van der Waals surface area contributed by atoms with E-state index in [9.17, 15) is 0 Å². The van der Waals surface area contributed by atoms with Crippen LogP contribution in [0, 0.1) is 5.92 Å². The highest BCUT2D eigenvalue weighted by atomic mass is 16.5. The summed E-state index contributed by atoms with van der Waals surface area (Å²) < 4.78 is 5.31. The van der Waals surface area contributed by atoms with Crippen molar-refractivity contribution in [2.24, 2.45) is 5.92 Å². The lowest BCUT2D eigenvalue weighted by Gasteiger charge is -2.35. The zero-order chi connectivity index (χ0) is 13.0. The molecular weight excluding hydrogens is 226 g/mol. The molecule has 0 bridgehead atoms. The second-order valence-electron chi connectivity index (χ2n) is 5.21. The van der Waals surface area contributed by atoms with Gasteiger partial charge in [0.05, 0.1) is 7.11 Å². The molecule has 18 heavy (non-hydrogen) atoms. The van der Waals surface area contributed by atoms with Crippen molar-refractivity contribution in [2.45, 2.75) is 26.4 Å². The second kappa shape index (κ2) is 6.16. The molecule has 1 atom stereocenters. The van der Waals surface area contributed by atoms with Gasteiger partial charge in [-0.3, -0.25) is 4.90 Å². The molecule has 1 aliphatic heterocycles. The number of piperazine rings is 1. The molecular formula is C14H23N3O. The first-order chi connectivity index (χ1) is 8.70. The lowest BCUT2D eigenvalue weighted by molar-refractivity contribution is 0.167. The molecule has 0 amide bonds. The van der Waals surface area contributed by atoms with E-state index in [0.29, 0.717) is 12.0 Å². The van der Waals surface area contributed by atoms with Crippen LogP contribution in [0.25, 0.3) is 0 Å². The molecule has 4 heteroatoms. The smallest absolute Gasteiger partial charge is 0.217 e. The highest BCUT2D eigenvalue weighted by Crippen LogP contribution is 2.18. The Labute approximate surface area is 109 Å². The lowest BCUT2D eigenvalue weighted by atomic mass is 10.0. The Morgan fingerprint density at radius 3 is 3.11 bits per heavy atom. The largest absolute Gasteiger partial charge is 0.481 e. The molecule has 0 spiro atoms. The van der Waals surface area contributed by atoms with Crippen molar-refractivity contribution in [1.29, 1.82) is 0 Å². The quantitative estimate of drug-likeness (QED) is 0.878. The molecule has 1 aromatic heterocycles. The van der Waals surface area contributed by atoms with Gasteiger partial charge in [-0.1, -0.05) is 19.9 Å². The summed E-state index contributed by atoms with van der Waals surface area (Å²) in [4.78, 5) is 6.73. The van der Waals surface area contributed by atoms with Gasteiger partial charge in [-0.25, -0.2) is 4.98 Å². The summed E-state index contributed by atoms with van der Waals surface area (Å²) in [7, 11) is 1.68. The minimum Gasteiger partial charge on any atom is -0.481 e. The molecule has 4 nitrogen and oxygen atoms in total. The summed E-state index contributed by atoms with van der Waals surface area (Å²) in [5.41, 5.74) is 1.17. The number of methoxy groups -OCH3 is 1. The van der Waals surface area contributed by atoms with E-state index < -0.39 is 0 Å².